The van der Waals surface area contributed by atoms with E-state index in [1.165, 1.54) is 20.8 Å². The molecular formula is C14H16N4O7. The standard InChI is InChI=1S/C14H16N4O7/c1-6(19)22-5-9-11(23-7(2)20)12(24-8(3)21)13(25-9)14-16-10(4-15)17-18-14/h9,11-13H,5H2,1-3H3,(H,16,17,18)/t9-,11-,12-,13-/m1/s1. The molecule has 0 radical (unpaired) electrons. The van der Waals surface area contributed by atoms with Crippen LogP contribution in [0.2, 0.25) is 0 Å². The monoisotopic (exact) mass is 352 g/mol. The highest BCUT2D eigenvalue weighted by Gasteiger charge is 2.51. The van der Waals surface area contributed by atoms with E-state index in [2.05, 4.69) is 15.2 Å². The molecule has 0 spiro atoms. The van der Waals surface area contributed by atoms with E-state index in [1.54, 1.807) is 6.07 Å². The van der Waals surface area contributed by atoms with Crippen molar-refractivity contribution in [3.63, 3.8) is 0 Å². The van der Waals surface area contributed by atoms with Crippen molar-refractivity contribution < 1.29 is 33.3 Å². The molecule has 11 nitrogen and oxygen atoms in total. The Hall–Kier alpha value is -3.00. The fourth-order valence-electron chi connectivity index (χ4n) is 2.39. The molecule has 1 fully saturated rings. The minimum absolute atomic E-state index is 0.116. The normalized spacial score (nSPS) is 25.0. The zero-order valence-corrected chi connectivity index (χ0v) is 13.7. The molecular weight excluding hydrogens is 336 g/mol. The number of nitrogens with zero attached hydrogens (tertiary/aromatic N) is 3. The van der Waals surface area contributed by atoms with Gasteiger partial charge in [0.05, 0.1) is 0 Å². The molecule has 1 aliphatic rings. The van der Waals surface area contributed by atoms with Crippen LogP contribution >= 0.6 is 0 Å². The maximum Gasteiger partial charge on any atom is 0.303 e. The maximum atomic E-state index is 11.4. The molecule has 1 N–H and O–H groups in total. The molecule has 1 saturated heterocycles. The van der Waals surface area contributed by atoms with E-state index in [4.69, 9.17) is 24.2 Å². The van der Waals surface area contributed by atoms with E-state index >= 15 is 0 Å². The van der Waals surface area contributed by atoms with Gasteiger partial charge >= 0.3 is 17.9 Å². The van der Waals surface area contributed by atoms with Gasteiger partial charge in [-0.2, -0.15) is 10.2 Å². The van der Waals surface area contributed by atoms with Gasteiger partial charge < -0.3 is 18.9 Å². The Labute approximate surface area is 142 Å². The number of carbonyl (C=O) groups is 3. The third kappa shape index (κ3) is 4.51. The van der Waals surface area contributed by atoms with Crippen molar-refractivity contribution in [1.29, 1.82) is 5.26 Å². The number of carbonyl (C=O) groups excluding carboxylic acids is 3. The summed E-state index contributed by atoms with van der Waals surface area (Å²) in [7, 11) is 0. The van der Waals surface area contributed by atoms with Gasteiger partial charge in [0.15, 0.2) is 24.1 Å². The van der Waals surface area contributed by atoms with E-state index in [1.807, 2.05) is 0 Å². The average molecular weight is 352 g/mol. The van der Waals surface area contributed by atoms with Crippen molar-refractivity contribution >= 4 is 17.9 Å². The fraction of sp³-hybridized carbons (Fsp3) is 0.571. The predicted octanol–water partition coefficient (Wildman–Crippen LogP) is -0.457. The minimum atomic E-state index is -1.05. The molecule has 0 unspecified atom stereocenters. The smallest absolute Gasteiger partial charge is 0.303 e. The van der Waals surface area contributed by atoms with Gasteiger partial charge in [0, 0.05) is 20.8 Å². The van der Waals surface area contributed by atoms with Gasteiger partial charge in [-0.3, -0.25) is 19.5 Å². The lowest BCUT2D eigenvalue weighted by molar-refractivity contribution is -0.165. The van der Waals surface area contributed by atoms with Crippen LogP contribution in [0.25, 0.3) is 0 Å². The van der Waals surface area contributed by atoms with Crippen LogP contribution in [-0.4, -0.2) is 58.0 Å². The zero-order valence-electron chi connectivity index (χ0n) is 13.7. The highest BCUT2D eigenvalue weighted by molar-refractivity contribution is 5.68. The van der Waals surface area contributed by atoms with Gasteiger partial charge in [0.1, 0.15) is 18.8 Å². The second kappa shape index (κ2) is 7.71. The third-order valence-corrected chi connectivity index (χ3v) is 3.24. The van der Waals surface area contributed by atoms with E-state index < -0.39 is 42.3 Å². The topological polar surface area (TPSA) is 153 Å². The second-order valence-electron chi connectivity index (χ2n) is 5.20. The highest BCUT2D eigenvalue weighted by atomic mass is 16.6. The molecule has 0 aliphatic carbocycles. The summed E-state index contributed by atoms with van der Waals surface area (Å²) < 4.78 is 21.0. The summed E-state index contributed by atoms with van der Waals surface area (Å²) in [6.07, 6.45) is -3.95. The molecule has 0 amide bonds. The molecule has 0 saturated carbocycles. The first-order chi connectivity index (χ1) is 11.8. The van der Waals surface area contributed by atoms with Crippen LogP contribution in [0.3, 0.4) is 0 Å². The molecule has 2 rings (SSSR count). The number of nitrogens with one attached hydrogen (secondary N) is 1. The van der Waals surface area contributed by atoms with Gasteiger partial charge in [-0.25, -0.2) is 0 Å². The van der Waals surface area contributed by atoms with Crippen LogP contribution in [-0.2, 0) is 33.3 Å². The molecule has 25 heavy (non-hydrogen) atoms. The molecule has 11 heteroatoms. The SMILES string of the molecule is CC(=O)OC[C@H]1O[C@@H](c2nc(C#N)n[nH]2)[C@H](OC(C)=O)[C@@H]1OC(C)=O. The predicted molar refractivity (Wildman–Crippen MR) is 76.5 cm³/mol. The third-order valence-electron chi connectivity index (χ3n) is 3.24. The van der Waals surface area contributed by atoms with Gasteiger partial charge in [-0.1, -0.05) is 0 Å². The van der Waals surface area contributed by atoms with Crippen LogP contribution in [0.1, 0.15) is 38.5 Å². The minimum Gasteiger partial charge on any atom is -0.463 e. The Morgan fingerprint density at radius 3 is 2.32 bits per heavy atom. The van der Waals surface area contributed by atoms with Crippen molar-refractivity contribution in [2.75, 3.05) is 6.61 Å². The Morgan fingerprint density at radius 2 is 1.80 bits per heavy atom. The lowest BCUT2D eigenvalue weighted by Gasteiger charge is -2.22. The Morgan fingerprint density at radius 1 is 1.16 bits per heavy atom. The Balaban J connectivity index is 2.32. The summed E-state index contributed by atoms with van der Waals surface area (Å²) in [4.78, 5) is 37.8. The summed E-state index contributed by atoms with van der Waals surface area (Å²) in [5.41, 5.74) is 0. The van der Waals surface area contributed by atoms with Crippen LogP contribution in [0.5, 0.6) is 0 Å². The molecule has 1 aromatic rings. The van der Waals surface area contributed by atoms with Gasteiger partial charge in [0.2, 0.25) is 0 Å². The van der Waals surface area contributed by atoms with E-state index in [9.17, 15) is 14.4 Å². The van der Waals surface area contributed by atoms with Crippen molar-refractivity contribution in [2.45, 2.75) is 45.2 Å². The van der Waals surface area contributed by atoms with Crippen molar-refractivity contribution in [3.05, 3.63) is 11.6 Å². The first-order valence-electron chi connectivity index (χ1n) is 7.27. The van der Waals surface area contributed by atoms with Crippen LogP contribution in [0, 0.1) is 11.3 Å². The summed E-state index contributed by atoms with van der Waals surface area (Å²) in [5, 5.41) is 15.0. The summed E-state index contributed by atoms with van der Waals surface area (Å²) in [6.45, 7) is 3.36. The molecule has 0 bridgehead atoms. The molecule has 2 heterocycles. The van der Waals surface area contributed by atoms with Gasteiger partial charge in [-0.15, -0.1) is 5.10 Å². The van der Waals surface area contributed by atoms with Crippen molar-refractivity contribution in [3.8, 4) is 6.07 Å². The number of ether oxygens (including phenoxy) is 4. The number of H-pyrrole nitrogens is 1. The lowest BCUT2D eigenvalue weighted by atomic mass is 10.1. The van der Waals surface area contributed by atoms with Gasteiger partial charge in [-0.05, 0) is 0 Å². The summed E-state index contributed by atoms with van der Waals surface area (Å²) in [6, 6.07) is 1.75. The fourth-order valence-corrected chi connectivity index (χ4v) is 2.39. The molecule has 134 valence electrons. The molecule has 1 aliphatic heterocycles. The number of aromatic amines is 1. The average Bonchev–Trinajstić information content (AvgIpc) is 3.10. The number of hydrogen-bond acceptors (Lipinski definition) is 10. The summed E-state index contributed by atoms with van der Waals surface area (Å²) >= 11 is 0. The lowest BCUT2D eigenvalue weighted by Crippen LogP contribution is -2.40. The van der Waals surface area contributed by atoms with Crippen molar-refractivity contribution in [1.82, 2.24) is 15.2 Å². The second-order valence-corrected chi connectivity index (χ2v) is 5.20. The number of hydrogen-bond donors (Lipinski definition) is 1. The zero-order chi connectivity index (χ0) is 18.6. The van der Waals surface area contributed by atoms with Crippen LogP contribution in [0.15, 0.2) is 0 Å². The van der Waals surface area contributed by atoms with Crippen LogP contribution in [0.4, 0.5) is 0 Å². The van der Waals surface area contributed by atoms with E-state index in [0.29, 0.717) is 0 Å². The van der Waals surface area contributed by atoms with Gasteiger partial charge in [0.25, 0.3) is 5.82 Å². The van der Waals surface area contributed by atoms with Crippen molar-refractivity contribution in [2.24, 2.45) is 0 Å². The quantitative estimate of drug-likeness (QED) is 0.544. The Bertz CT molecular complexity index is 710. The first-order valence-corrected chi connectivity index (χ1v) is 7.27. The largest absolute Gasteiger partial charge is 0.463 e. The molecule has 0 aromatic carbocycles. The first kappa shape index (κ1) is 18.3. The molecule has 1 aromatic heterocycles. The van der Waals surface area contributed by atoms with Crippen LogP contribution < -0.4 is 0 Å². The highest BCUT2D eigenvalue weighted by Crippen LogP contribution is 2.36. The maximum absolute atomic E-state index is 11.4. The Kier molecular flexibility index (Phi) is 5.66. The van der Waals surface area contributed by atoms with E-state index in [-0.39, 0.29) is 18.3 Å². The number of aromatic nitrogens is 3. The number of rotatable bonds is 5. The van der Waals surface area contributed by atoms with E-state index in [0.717, 1.165) is 0 Å². The summed E-state index contributed by atoms with van der Waals surface area (Å²) in [5.74, 6) is -1.83. The number of esters is 3. The molecule has 4 atom stereocenters. The number of nitriles is 1.